The first-order valence-electron chi connectivity index (χ1n) is 10.2. The van der Waals surface area contributed by atoms with E-state index in [1.807, 2.05) is 12.1 Å². The molecular formula is C22H31N3O3S. The zero-order chi connectivity index (χ0) is 21.1. The number of carbonyl (C=O) groups excluding carboxylic acids is 1. The van der Waals surface area contributed by atoms with Crippen LogP contribution in [-0.2, 0) is 16.4 Å². The second-order valence-corrected chi connectivity index (χ2v) is 8.70. The molecule has 0 aromatic heterocycles. The molecule has 0 fully saturated rings. The Hall–Kier alpha value is -2.54. The molecule has 0 atom stereocenters. The summed E-state index contributed by atoms with van der Waals surface area (Å²) in [7, 11) is -3.75. The average Bonchev–Trinajstić information content (AvgIpc) is 2.69. The van der Waals surface area contributed by atoms with Crippen molar-refractivity contribution in [3.05, 3.63) is 54.1 Å². The molecule has 0 bridgehead atoms. The third-order valence-electron chi connectivity index (χ3n) is 4.46. The number of anilines is 2. The number of sulfonamides is 1. The van der Waals surface area contributed by atoms with E-state index in [0.29, 0.717) is 17.9 Å². The van der Waals surface area contributed by atoms with Gasteiger partial charge in [-0.25, -0.2) is 13.2 Å². The van der Waals surface area contributed by atoms with Gasteiger partial charge in [-0.2, -0.15) is 0 Å². The molecule has 6 nitrogen and oxygen atoms in total. The van der Waals surface area contributed by atoms with Crippen molar-refractivity contribution in [3.8, 4) is 0 Å². The minimum Gasteiger partial charge on any atom is -0.338 e. The largest absolute Gasteiger partial charge is 0.338 e. The van der Waals surface area contributed by atoms with Gasteiger partial charge in [-0.05, 0) is 48.7 Å². The highest BCUT2D eigenvalue weighted by molar-refractivity contribution is 7.92. The van der Waals surface area contributed by atoms with Crippen LogP contribution in [0.4, 0.5) is 16.2 Å². The fraction of sp³-hybridized carbons (Fsp3) is 0.409. The van der Waals surface area contributed by atoms with Crippen molar-refractivity contribution in [2.45, 2.75) is 57.3 Å². The van der Waals surface area contributed by atoms with Crippen LogP contribution in [0.5, 0.6) is 0 Å². The van der Waals surface area contributed by atoms with Gasteiger partial charge in [0.15, 0.2) is 0 Å². The lowest BCUT2D eigenvalue weighted by atomic mass is 10.1. The smallest absolute Gasteiger partial charge is 0.319 e. The van der Waals surface area contributed by atoms with E-state index in [-0.39, 0.29) is 10.9 Å². The summed E-state index contributed by atoms with van der Waals surface area (Å²) < 4.78 is 27.9. The lowest BCUT2D eigenvalue weighted by molar-refractivity contribution is 0.252. The lowest BCUT2D eigenvalue weighted by Crippen LogP contribution is -2.29. The number of aryl methyl sites for hydroxylation is 1. The third kappa shape index (κ3) is 7.77. The number of urea groups is 1. The van der Waals surface area contributed by atoms with Crippen LogP contribution in [0, 0.1) is 0 Å². The maximum atomic E-state index is 12.7. The molecule has 0 unspecified atom stereocenters. The molecular weight excluding hydrogens is 386 g/mol. The minimum absolute atomic E-state index is 0.0934. The normalized spacial score (nSPS) is 11.1. The molecule has 0 saturated heterocycles. The number of nitrogens with one attached hydrogen (secondary N) is 3. The molecule has 3 N–H and O–H groups in total. The minimum atomic E-state index is -3.75. The van der Waals surface area contributed by atoms with Gasteiger partial charge in [0.1, 0.15) is 0 Å². The number of rotatable bonds is 11. The molecule has 0 saturated carbocycles. The monoisotopic (exact) mass is 417 g/mol. The number of unbranched alkanes of at least 4 members (excludes halogenated alkanes) is 3. The van der Waals surface area contributed by atoms with Crippen LogP contribution in [0.3, 0.4) is 0 Å². The maximum Gasteiger partial charge on any atom is 0.319 e. The van der Waals surface area contributed by atoms with Crippen molar-refractivity contribution in [1.29, 1.82) is 0 Å². The van der Waals surface area contributed by atoms with Crippen LogP contribution in [0.2, 0.25) is 0 Å². The maximum absolute atomic E-state index is 12.7. The molecule has 0 spiro atoms. The van der Waals surface area contributed by atoms with Crippen molar-refractivity contribution in [1.82, 2.24) is 5.32 Å². The highest BCUT2D eigenvalue weighted by Crippen LogP contribution is 2.20. The molecule has 0 aliphatic carbocycles. The van der Waals surface area contributed by atoms with Crippen LogP contribution < -0.4 is 15.4 Å². The highest BCUT2D eigenvalue weighted by Gasteiger charge is 2.15. The number of benzene rings is 2. The summed E-state index contributed by atoms with van der Waals surface area (Å²) >= 11 is 0. The van der Waals surface area contributed by atoms with Crippen molar-refractivity contribution in [3.63, 3.8) is 0 Å². The van der Waals surface area contributed by atoms with E-state index in [1.165, 1.54) is 17.7 Å². The van der Waals surface area contributed by atoms with E-state index in [2.05, 4.69) is 29.2 Å². The molecule has 29 heavy (non-hydrogen) atoms. The zero-order valence-electron chi connectivity index (χ0n) is 17.2. The predicted octanol–water partition coefficient (Wildman–Crippen LogP) is 5.14. The topological polar surface area (TPSA) is 87.3 Å². The Morgan fingerprint density at radius 1 is 0.897 bits per heavy atom. The number of hydrogen-bond donors (Lipinski definition) is 3. The summed E-state index contributed by atoms with van der Waals surface area (Å²) in [5.41, 5.74) is 2.10. The van der Waals surface area contributed by atoms with Crippen molar-refractivity contribution in [2.75, 3.05) is 16.6 Å². The summed E-state index contributed by atoms with van der Waals surface area (Å²) in [5.74, 6) is 0. The van der Waals surface area contributed by atoms with Crippen LogP contribution in [0.25, 0.3) is 0 Å². The van der Waals surface area contributed by atoms with E-state index in [1.54, 1.807) is 24.3 Å². The molecule has 2 aromatic rings. The van der Waals surface area contributed by atoms with Crippen LogP contribution in [-0.4, -0.2) is 21.0 Å². The van der Waals surface area contributed by atoms with Crippen molar-refractivity contribution >= 4 is 27.4 Å². The number of carbonyl (C=O) groups is 1. The molecule has 158 valence electrons. The summed E-state index contributed by atoms with van der Waals surface area (Å²) in [6.45, 7) is 4.83. The molecule has 0 radical (unpaired) electrons. The van der Waals surface area contributed by atoms with Gasteiger partial charge in [0.2, 0.25) is 0 Å². The van der Waals surface area contributed by atoms with Crippen LogP contribution in [0.15, 0.2) is 53.4 Å². The lowest BCUT2D eigenvalue weighted by Gasteiger charge is -2.11. The second kappa shape index (κ2) is 11.5. The molecule has 0 heterocycles. The van der Waals surface area contributed by atoms with E-state index in [9.17, 15) is 13.2 Å². The molecule has 0 aliphatic rings. The van der Waals surface area contributed by atoms with Crippen LogP contribution in [0.1, 0.15) is 51.5 Å². The first-order chi connectivity index (χ1) is 13.9. The van der Waals surface area contributed by atoms with Gasteiger partial charge in [0.05, 0.1) is 4.90 Å². The second-order valence-electron chi connectivity index (χ2n) is 7.02. The van der Waals surface area contributed by atoms with Gasteiger partial charge >= 0.3 is 6.03 Å². The molecule has 0 aliphatic heterocycles. The Bertz CT molecular complexity index is 880. The van der Waals surface area contributed by atoms with Gasteiger partial charge in [-0.3, -0.25) is 4.72 Å². The number of hydrogen-bond acceptors (Lipinski definition) is 3. The Balaban J connectivity index is 1.96. The third-order valence-corrected chi connectivity index (χ3v) is 5.84. The fourth-order valence-electron chi connectivity index (χ4n) is 2.91. The van der Waals surface area contributed by atoms with E-state index in [4.69, 9.17) is 0 Å². The summed E-state index contributed by atoms with van der Waals surface area (Å²) in [6.07, 6.45) is 6.30. The van der Waals surface area contributed by atoms with E-state index < -0.39 is 10.0 Å². The van der Waals surface area contributed by atoms with Gasteiger partial charge in [-0.1, -0.05) is 57.7 Å². The predicted molar refractivity (Wildman–Crippen MR) is 119 cm³/mol. The molecule has 2 amide bonds. The molecule has 2 aromatic carbocycles. The first-order valence-corrected chi connectivity index (χ1v) is 11.7. The van der Waals surface area contributed by atoms with Gasteiger partial charge in [0, 0.05) is 17.9 Å². The van der Waals surface area contributed by atoms with Gasteiger partial charge in [-0.15, -0.1) is 0 Å². The van der Waals surface area contributed by atoms with Crippen molar-refractivity contribution in [2.24, 2.45) is 0 Å². The molecule has 2 rings (SSSR count). The average molecular weight is 418 g/mol. The quantitative estimate of drug-likeness (QED) is 0.442. The standard InChI is InChI=1S/C22H31N3O3S/c1-3-5-6-7-16-23-22(26)24-20-10-8-11-21(17-20)29(27,28)25-19-14-12-18(9-4-2)13-15-19/h8,10-15,17,25H,3-7,9,16H2,1-2H3,(H2,23,24,26). The SMILES string of the molecule is CCCCCCNC(=O)Nc1cccc(S(=O)(=O)Nc2ccc(CCC)cc2)c1. The summed E-state index contributed by atoms with van der Waals surface area (Å²) in [5, 5.41) is 5.48. The van der Waals surface area contributed by atoms with Gasteiger partial charge < -0.3 is 10.6 Å². The number of amides is 2. The van der Waals surface area contributed by atoms with E-state index in [0.717, 1.165) is 38.5 Å². The first kappa shape index (κ1) is 22.7. The van der Waals surface area contributed by atoms with Crippen LogP contribution >= 0.6 is 0 Å². The Kier molecular flexibility index (Phi) is 8.99. The summed E-state index contributed by atoms with van der Waals surface area (Å²) in [6, 6.07) is 13.2. The Labute approximate surface area is 174 Å². The fourth-order valence-corrected chi connectivity index (χ4v) is 4.02. The van der Waals surface area contributed by atoms with Crippen molar-refractivity contribution < 1.29 is 13.2 Å². The van der Waals surface area contributed by atoms with E-state index >= 15 is 0 Å². The Morgan fingerprint density at radius 3 is 2.34 bits per heavy atom. The van der Waals surface area contributed by atoms with Gasteiger partial charge in [0.25, 0.3) is 10.0 Å². The highest BCUT2D eigenvalue weighted by atomic mass is 32.2. The Morgan fingerprint density at radius 2 is 1.66 bits per heavy atom. The molecule has 7 heteroatoms. The summed E-state index contributed by atoms with van der Waals surface area (Å²) in [4.78, 5) is 12.1. The zero-order valence-corrected chi connectivity index (χ0v) is 18.0.